The molecule has 0 aliphatic heterocycles. The van der Waals surface area contributed by atoms with Crippen molar-refractivity contribution in [2.24, 2.45) is 0 Å². The summed E-state index contributed by atoms with van der Waals surface area (Å²) in [5, 5.41) is 2.04. The molecular weight excluding hydrogens is 348 g/mol. The second-order valence-electron chi connectivity index (χ2n) is 3.83. The van der Waals surface area contributed by atoms with E-state index in [1.807, 2.05) is 36.6 Å². The number of thiophene rings is 1. The Bertz CT molecular complexity index is 542. The predicted molar refractivity (Wildman–Crippen MR) is 83.5 cm³/mol. The van der Waals surface area contributed by atoms with E-state index >= 15 is 0 Å². The molecule has 5 heteroatoms. The van der Waals surface area contributed by atoms with Crippen molar-refractivity contribution in [2.75, 3.05) is 6.61 Å². The fourth-order valence-electron chi connectivity index (χ4n) is 1.67. The zero-order valence-corrected chi connectivity index (χ0v) is 13.6. The van der Waals surface area contributed by atoms with Crippen LogP contribution >= 0.6 is 38.9 Å². The fraction of sp³-hybridized carbons (Fsp3) is 0.286. The van der Waals surface area contributed by atoms with Gasteiger partial charge in [-0.05, 0) is 35.0 Å². The number of para-hydroxylation sites is 1. The third-order valence-electron chi connectivity index (χ3n) is 2.48. The van der Waals surface area contributed by atoms with Gasteiger partial charge in [-0.3, -0.25) is 0 Å². The lowest BCUT2D eigenvalue weighted by atomic mass is 10.2. The molecule has 0 aliphatic rings. The highest BCUT2D eigenvalue weighted by molar-refractivity contribution is 9.10. The van der Waals surface area contributed by atoms with Crippen molar-refractivity contribution in [1.29, 1.82) is 0 Å². The number of halogens is 2. The molecule has 1 heterocycles. The molecule has 0 amide bonds. The number of ether oxygens (including phenoxy) is 2. The second kappa shape index (κ2) is 7.17. The van der Waals surface area contributed by atoms with Crippen LogP contribution in [0.3, 0.4) is 0 Å². The van der Waals surface area contributed by atoms with Gasteiger partial charge in [0.2, 0.25) is 0 Å². The first-order chi connectivity index (χ1) is 9.24. The van der Waals surface area contributed by atoms with Gasteiger partial charge in [0.05, 0.1) is 12.5 Å². The van der Waals surface area contributed by atoms with E-state index < -0.39 is 0 Å². The molecule has 0 bridgehead atoms. The van der Waals surface area contributed by atoms with Crippen molar-refractivity contribution in [3.63, 3.8) is 0 Å². The highest BCUT2D eigenvalue weighted by Gasteiger charge is 2.11. The molecule has 102 valence electrons. The standard InChI is InChI=1S/C14H14BrClO2S/c1-2-17-13-5-3-4-10(7-16)14(13)18-8-12-6-11(15)9-19-12/h3-6,9H,2,7-8H2,1H3. The highest BCUT2D eigenvalue weighted by Crippen LogP contribution is 2.33. The number of hydrogen-bond donors (Lipinski definition) is 0. The topological polar surface area (TPSA) is 18.5 Å². The summed E-state index contributed by atoms with van der Waals surface area (Å²) in [5.41, 5.74) is 0.947. The lowest BCUT2D eigenvalue weighted by Gasteiger charge is -2.14. The van der Waals surface area contributed by atoms with Gasteiger partial charge < -0.3 is 9.47 Å². The molecule has 19 heavy (non-hydrogen) atoms. The van der Waals surface area contributed by atoms with Gasteiger partial charge in [0.15, 0.2) is 11.5 Å². The number of alkyl halides is 1. The maximum atomic E-state index is 5.95. The van der Waals surface area contributed by atoms with Crippen LogP contribution in [0.15, 0.2) is 34.1 Å². The normalized spacial score (nSPS) is 10.5. The Morgan fingerprint density at radius 2 is 2.16 bits per heavy atom. The van der Waals surface area contributed by atoms with Gasteiger partial charge in [0, 0.05) is 20.3 Å². The van der Waals surface area contributed by atoms with Crippen molar-refractivity contribution < 1.29 is 9.47 Å². The molecule has 2 rings (SSSR count). The number of hydrogen-bond acceptors (Lipinski definition) is 3. The molecular formula is C14H14BrClO2S. The summed E-state index contributed by atoms with van der Waals surface area (Å²) in [6, 6.07) is 7.83. The SMILES string of the molecule is CCOc1cccc(CCl)c1OCc1cc(Br)cs1. The Labute approximate surface area is 130 Å². The van der Waals surface area contributed by atoms with E-state index in [-0.39, 0.29) is 0 Å². The van der Waals surface area contributed by atoms with Gasteiger partial charge in [0.1, 0.15) is 6.61 Å². The van der Waals surface area contributed by atoms with E-state index in [1.165, 1.54) is 0 Å². The molecule has 0 saturated carbocycles. The molecule has 0 atom stereocenters. The number of rotatable bonds is 6. The largest absolute Gasteiger partial charge is 0.490 e. The summed E-state index contributed by atoms with van der Waals surface area (Å²) >= 11 is 11.0. The Morgan fingerprint density at radius 1 is 1.32 bits per heavy atom. The summed E-state index contributed by atoms with van der Waals surface area (Å²) in [7, 11) is 0. The van der Waals surface area contributed by atoms with Crippen molar-refractivity contribution in [2.45, 2.75) is 19.4 Å². The highest BCUT2D eigenvalue weighted by atomic mass is 79.9. The minimum absolute atomic E-state index is 0.407. The average Bonchev–Trinajstić information content (AvgIpc) is 2.83. The van der Waals surface area contributed by atoms with E-state index in [9.17, 15) is 0 Å². The minimum Gasteiger partial charge on any atom is -0.490 e. The van der Waals surface area contributed by atoms with Crippen LogP contribution < -0.4 is 9.47 Å². The monoisotopic (exact) mass is 360 g/mol. The lowest BCUT2D eigenvalue weighted by Crippen LogP contribution is -2.01. The summed E-state index contributed by atoms with van der Waals surface area (Å²) in [4.78, 5) is 1.15. The Balaban J connectivity index is 2.17. The molecule has 0 aliphatic carbocycles. The van der Waals surface area contributed by atoms with Crippen molar-refractivity contribution in [1.82, 2.24) is 0 Å². The van der Waals surface area contributed by atoms with Crippen LogP contribution in [0.2, 0.25) is 0 Å². The first-order valence-corrected chi connectivity index (χ1v) is 8.11. The summed E-state index contributed by atoms with van der Waals surface area (Å²) in [6.45, 7) is 3.07. The van der Waals surface area contributed by atoms with E-state index in [1.54, 1.807) is 11.3 Å². The quantitative estimate of drug-likeness (QED) is 0.656. The van der Waals surface area contributed by atoms with Crippen LogP contribution in [0.4, 0.5) is 0 Å². The molecule has 0 N–H and O–H groups in total. The smallest absolute Gasteiger partial charge is 0.166 e. The Morgan fingerprint density at radius 3 is 2.79 bits per heavy atom. The maximum Gasteiger partial charge on any atom is 0.166 e. The van der Waals surface area contributed by atoms with Gasteiger partial charge in [-0.15, -0.1) is 22.9 Å². The first-order valence-electron chi connectivity index (χ1n) is 5.91. The lowest BCUT2D eigenvalue weighted by molar-refractivity contribution is 0.269. The van der Waals surface area contributed by atoms with Gasteiger partial charge >= 0.3 is 0 Å². The Kier molecular flexibility index (Phi) is 5.55. The number of benzene rings is 1. The molecule has 1 aromatic carbocycles. The van der Waals surface area contributed by atoms with Crippen LogP contribution in [0.1, 0.15) is 17.4 Å². The van der Waals surface area contributed by atoms with Crippen LogP contribution in [0.25, 0.3) is 0 Å². The third kappa shape index (κ3) is 3.88. The molecule has 1 aromatic heterocycles. The average molecular weight is 362 g/mol. The molecule has 0 saturated heterocycles. The zero-order chi connectivity index (χ0) is 13.7. The zero-order valence-electron chi connectivity index (χ0n) is 10.5. The Hall–Kier alpha value is -0.710. The predicted octanol–water partition coefficient (Wildman–Crippen LogP) is 5.23. The molecule has 0 spiro atoms. The van der Waals surface area contributed by atoms with Crippen LogP contribution in [-0.2, 0) is 12.5 Å². The molecule has 0 unspecified atom stereocenters. The summed E-state index contributed by atoms with van der Waals surface area (Å²) < 4.78 is 12.6. The van der Waals surface area contributed by atoms with Crippen LogP contribution in [0.5, 0.6) is 11.5 Å². The van der Waals surface area contributed by atoms with Gasteiger partial charge in [0.25, 0.3) is 0 Å². The third-order valence-corrected chi connectivity index (χ3v) is 4.44. The first kappa shape index (κ1) is 14.7. The van der Waals surface area contributed by atoms with E-state index in [2.05, 4.69) is 15.9 Å². The molecule has 0 fully saturated rings. The van der Waals surface area contributed by atoms with E-state index in [4.69, 9.17) is 21.1 Å². The fourth-order valence-corrected chi connectivity index (χ4v) is 3.24. The van der Waals surface area contributed by atoms with Crippen LogP contribution in [-0.4, -0.2) is 6.61 Å². The second-order valence-corrected chi connectivity index (χ2v) is 6.01. The van der Waals surface area contributed by atoms with E-state index in [0.717, 1.165) is 26.4 Å². The molecule has 2 nitrogen and oxygen atoms in total. The molecule has 0 radical (unpaired) electrons. The minimum atomic E-state index is 0.407. The van der Waals surface area contributed by atoms with E-state index in [0.29, 0.717) is 19.1 Å². The van der Waals surface area contributed by atoms with Gasteiger partial charge in [-0.2, -0.15) is 0 Å². The van der Waals surface area contributed by atoms with Crippen molar-refractivity contribution in [3.8, 4) is 11.5 Å². The van der Waals surface area contributed by atoms with Crippen LogP contribution in [0, 0.1) is 0 Å². The van der Waals surface area contributed by atoms with Crippen molar-refractivity contribution >= 4 is 38.9 Å². The summed E-state index contributed by atoms with van der Waals surface area (Å²) in [5.74, 6) is 1.89. The van der Waals surface area contributed by atoms with Crippen molar-refractivity contribution in [3.05, 3.63) is 44.6 Å². The summed E-state index contributed by atoms with van der Waals surface area (Å²) in [6.07, 6.45) is 0. The van der Waals surface area contributed by atoms with Gasteiger partial charge in [-0.25, -0.2) is 0 Å². The maximum absolute atomic E-state index is 5.95. The molecule has 2 aromatic rings. The van der Waals surface area contributed by atoms with Gasteiger partial charge in [-0.1, -0.05) is 12.1 Å².